The molecule has 3 heterocycles. The predicted octanol–water partition coefficient (Wildman–Crippen LogP) is 3.60. The minimum absolute atomic E-state index is 0.501. The van der Waals surface area contributed by atoms with Crippen LogP contribution in [0.4, 0.5) is 0 Å². The van der Waals surface area contributed by atoms with Crippen LogP contribution in [-0.4, -0.2) is 57.6 Å². The fourth-order valence-corrected chi connectivity index (χ4v) is 4.95. The first-order valence-corrected chi connectivity index (χ1v) is 12.2. The van der Waals surface area contributed by atoms with Gasteiger partial charge in [0.15, 0.2) is 5.76 Å². The van der Waals surface area contributed by atoms with Gasteiger partial charge in [0.05, 0.1) is 6.54 Å². The number of benzene rings is 1. The summed E-state index contributed by atoms with van der Waals surface area (Å²) in [7, 11) is 0. The van der Waals surface area contributed by atoms with Gasteiger partial charge in [0.2, 0.25) is 0 Å². The van der Waals surface area contributed by atoms with Gasteiger partial charge >= 0.3 is 0 Å². The lowest BCUT2D eigenvalue weighted by molar-refractivity contribution is 0.133. The minimum Gasteiger partial charge on any atom is -0.385 e. The SMILES string of the molecule is CCOCCCN1CC2C(C#Cc3ccc(-c4cc(Cn5ccnc5[C@H](C)O)no4)cc3)C2C1. The zero-order valence-corrected chi connectivity index (χ0v) is 19.9. The quantitative estimate of drug-likeness (QED) is 0.388. The zero-order chi connectivity index (χ0) is 23.5. The van der Waals surface area contributed by atoms with Gasteiger partial charge in [-0.05, 0) is 56.4 Å². The maximum absolute atomic E-state index is 9.82. The van der Waals surface area contributed by atoms with Crippen molar-refractivity contribution < 1.29 is 14.4 Å². The summed E-state index contributed by atoms with van der Waals surface area (Å²) in [5.74, 6) is 10.3. The number of aliphatic hydroxyl groups is 1. The fraction of sp³-hybridized carbons (Fsp3) is 0.481. The van der Waals surface area contributed by atoms with Crippen LogP contribution in [0.15, 0.2) is 47.2 Å². The van der Waals surface area contributed by atoms with Crippen LogP contribution in [0.25, 0.3) is 11.3 Å². The predicted molar refractivity (Wildman–Crippen MR) is 129 cm³/mol. The van der Waals surface area contributed by atoms with Gasteiger partial charge in [-0.2, -0.15) is 0 Å². The smallest absolute Gasteiger partial charge is 0.167 e. The van der Waals surface area contributed by atoms with Crippen molar-refractivity contribution in [2.75, 3.05) is 32.8 Å². The summed E-state index contributed by atoms with van der Waals surface area (Å²) in [6, 6.07) is 10.1. The summed E-state index contributed by atoms with van der Waals surface area (Å²) in [5.41, 5.74) is 2.78. The molecule has 0 amide bonds. The molecule has 0 bridgehead atoms. The Morgan fingerprint density at radius 2 is 2.03 bits per heavy atom. The Labute approximate surface area is 200 Å². The summed E-state index contributed by atoms with van der Waals surface area (Å²) >= 11 is 0. The molecule has 1 aliphatic carbocycles. The van der Waals surface area contributed by atoms with Crippen molar-refractivity contribution in [3.8, 4) is 23.2 Å². The molecule has 2 fully saturated rings. The molecule has 0 radical (unpaired) electrons. The maximum Gasteiger partial charge on any atom is 0.167 e. The van der Waals surface area contributed by atoms with E-state index in [0.717, 1.165) is 60.6 Å². The van der Waals surface area contributed by atoms with E-state index in [1.54, 1.807) is 13.1 Å². The molecule has 3 aromatic rings. The lowest BCUT2D eigenvalue weighted by Crippen LogP contribution is -2.26. The van der Waals surface area contributed by atoms with Gasteiger partial charge in [0.1, 0.15) is 17.6 Å². The Bertz CT molecular complexity index is 1140. The van der Waals surface area contributed by atoms with Crippen molar-refractivity contribution in [2.45, 2.75) is 32.9 Å². The molecule has 1 saturated carbocycles. The van der Waals surface area contributed by atoms with Gasteiger partial charge < -0.3 is 23.8 Å². The molecule has 1 aromatic carbocycles. The van der Waals surface area contributed by atoms with Gasteiger partial charge in [0.25, 0.3) is 0 Å². The number of hydrogen-bond acceptors (Lipinski definition) is 6. The fourth-order valence-electron chi connectivity index (χ4n) is 4.95. The largest absolute Gasteiger partial charge is 0.385 e. The number of likely N-dealkylation sites (tertiary alicyclic amines) is 1. The molecule has 2 aromatic heterocycles. The minimum atomic E-state index is -0.630. The van der Waals surface area contributed by atoms with Gasteiger partial charge in [-0.3, -0.25) is 0 Å². The molecule has 1 saturated heterocycles. The van der Waals surface area contributed by atoms with E-state index in [1.807, 2.05) is 48.0 Å². The molecule has 34 heavy (non-hydrogen) atoms. The normalized spacial score (nSPS) is 22.3. The van der Waals surface area contributed by atoms with Crippen molar-refractivity contribution in [3.05, 3.63) is 59.8 Å². The van der Waals surface area contributed by atoms with Gasteiger partial charge in [-0.25, -0.2) is 4.98 Å². The lowest BCUT2D eigenvalue weighted by Gasteiger charge is -2.17. The lowest BCUT2D eigenvalue weighted by atomic mass is 10.1. The number of hydrogen-bond donors (Lipinski definition) is 1. The summed E-state index contributed by atoms with van der Waals surface area (Å²) in [6.45, 7) is 9.43. The number of imidazole rings is 1. The first-order valence-electron chi connectivity index (χ1n) is 12.2. The number of piperidine rings is 1. The van der Waals surface area contributed by atoms with E-state index in [2.05, 4.69) is 26.9 Å². The van der Waals surface area contributed by atoms with Crippen LogP contribution in [-0.2, 0) is 11.3 Å². The van der Waals surface area contributed by atoms with Crippen LogP contribution in [0.5, 0.6) is 0 Å². The second-order valence-electron chi connectivity index (χ2n) is 9.28. The van der Waals surface area contributed by atoms with E-state index in [-0.39, 0.29) is 0 Å². The Hall–Kier alpha value is -2.92. The first-order chi connectivity index (χ1) is 16.6. The highest BCUT2D eigenvalue weighted by atomic mass is 16.5. The van der Waals surface area contributed by atoms with Crippen molar-refractivity contribution >= 4 is 0 Å². The molecule has 5 rings (SSSR count). The second kappa shape index (κ2) is 10.1. The maximum atomic E-state index is 9.82. The van der Waals surface area contributed by atoms with Gasteiger partial charge in [0, 0.05) is 68.4 Å². The number of rotatable bonds is 9. The molecule has 2 aliphatic rings. The molecule has 1 aliphatic heterocycles. The number of aliphatic hydroxyl groups excluding tert-OH is 1. The van der Waals surface area contributed by atoms with E-state index < -0.39 is 6.10 Å². The van der Waals surface area contributed by atoms with Crippen LogP contribution >= 0.6 is 0 Å². The van der Waals surface area contributed by atoms with Crippen LogP contribution in [0, 0.1) is 29.6 Å². The van der Waals surface area contributed by atoms with E-state index in [1.165, 1.54) is 13.1 Å². The van der Waals surface area contributed by atoms with E-state index in [4.69, 9.17) is 9.26 Å². The summed E-state index contributed by atoms with van der Waals surface area (Å²) in [5, 5.41) is 14.0. The van der Waals surface area contributed by atoms with E-state index in [0.29, 0.717) is 18.3 Å². The topological polar surface area (TPSA) is 76.5 Å². The molecule has 178 valence electrons. The van der Waals surface area contributed by atoms with Crippen LogP contribution < -0.4 is 0 Å². The Morgan fingerprint density at radius 3 is 2.76 bits per heavy atom. The number of ether oxygens (including phenoxy) is 1. The van der Waals surface area contributed by atoms with Crippen molar-refractivity contribution in [1.29, 1.82) is 0 Å². The van der Waals surface area contributed by atoms with Crippen LogP contribution in [0.2, 0.25) is 0 Å². The molecule has 3 atom stereocenters. The van der Waals surface area contributed by atoms with Crippen LogP contribution in [0.3, 0.4) is 0 Å². The standard InChI is InChI=1S/C27H32N4O3/c1-3-33-14-4-12-30-17-24-23(25(24)18-30)10-7-20-5-8-21(9-6-20)26-15-22(29-34-26)16-31-13-11-28-27(31)19(2)32/h5-6,8-9,11,13,15,19,23-25,32H,3-4,12,14,16-18H2,1-2H3/t19-,23?,24?,25?/m0/s1. The molecule has 7 nitrogen and oxygen atoms in total. The summed E-state index contributed by atoms with van der Waals surface area (Å²) < 4.78 is 12.9. The van der Waals surface area contributed by atoms with E-state index >= 15 is 0 Å². The van der Waals surface area contributed by atoms with Gasteiger partial charge in [-0.1, -0.05) is 17.0 Å². The third-order valence-electron chi connectivity index (χ3n) is 6.80. The van der Waals surface area contributed by atoms with E-state index in [9.17, 15) is 5.11 Å². The monoisotopic (exact) mass is 460 g/mol. The highest BCUT2D eigenvalue weighted by Crippen LogP contribution is 2.51. The molecule has 1 N–H and O–H groups in total. The number of aromatic nitrogens is 3. The highest BCUT2D eigenvalue weighted by molar-refractivity contribution is 5.59. The summed E-state index contributed by atoms with van der Waals surface area (Å²) in [4.78, 5) is 6.76. The average molecular weight is 461 g/mol. The van der Waals surface area contributed by atoms with Crippen molar-refractivity contribution in [2.24, 2.45) is 17.8 Å². The Balaban J connectivity index is 1.13. The second-order valence-corrected chi connectivity index (χ2v) is 9.28. The number of fused-ring (bicyclic) bond motifs is 1. The van der Waals surface area contributed by atoms with Crippen LogP contribution in [0.1, 0.15) is 43.5 Å². The molecular weight excluding hydrogens is 428 g/mol. The van der Waals surface area contributed by atoms with Crippen molar-refractivity contribution in [3.63, 3.8) is 0 Å². The third-order valence-corrected chi connectivity index (χ3v) is 6.80. The molecule has 0 spiro atoms. The van der Waals surface area contributed by atoms with Crippen molar-refractivity contribution in [1.82, 2.24) is 19.6 Å². The van der Waals surface area contributed by atoms with Gasteiger partial charge in [-0.15, -0.1) is 0 Å². The average Bonchev–Trinajstić information content (AvgIpc) is 3.32. The molecule has 7 heteroatoms. The zero-order valence-electron chi connectivity index (χ0n) is 19.9. The molecular formula is C27H32N4O3. The summed E-state index contributed by atoms with van der Waals surface area (Å²) in [6.07, 6.45) is 4.00. The first kappa shape index (κ1) is 22.9. The third kappa shape index (κ3) is 5.10. The Morgan fingerprint density at radius 1 is 1.24 bits per heavy atom. The highest BCUT2D eigenvalue weighted by Gasteiger charge is 2.54. The Kier molecular flexibility index (Phi) is 6.82. The molecule has 2 unspecified atom stereocenters. The number of nitrogens with zero attached hydrogens (tertiary/aromatic N) is 4.